The Labute approximate surface area is 588 Å². The zero-order chi connectivity index (χ0) is 74.2. The average Bonchev–Trinajstić information content (AvgIpc) is 1.70. The van der Waals surface area contributed by atoms with Gasteiger partial charge in [-0.2, -0.15) is 0 Å². The molecule has 3 aromatic heterocycles. The molecule has 16 N–H and O–H groups in total. The van der Waals surface area contributed by atoms with Crippen LogP contribution in [-0.4, -0.2) is 179 Å². The van der Waals surface area contributed by atoms with Crippen molar-refractivity contribution in [3.8, 4) is 5.75 Å². The molecule has 1 saturated heterocycles. The number of halogens is 2. The van der Waals surface area contributed by atoms with E-state index >= 15 is 19.2 Å². The van der Waals surface area contributed by atoms with E-state index < -0.39 is 174 Å². The van der Waals surface area contributed by atoms with Gasteiger partial charge in [-0.25, -0.2) is 13.8 Å². The molecule has 32 heteroatoms. The number of phenols is 1. The molecule has 0 spiro atoms. The fourth-order valence-electron chi connectivity index (χ4n) is 12.7. The van der Waals surface area contributed by atoms with E-state index in [-0.39, 0.29) is 80.6 Å². The number of aromatic nitrogens is 4. The Morgan fingerprint density at radius 1 is 0.670 bits per heavy atom. The van der Waals surface area contributed by atoms with Gasteiger partial charge >= 0.3 is 5.97 Å². The molecule has 1 fully saturated rings. The molecule has 10 rings (SSSR count). The van der Waals surface area contributed by atoms with E-state index in [0.29, 0.717) is 45.0 Å². The summed E-state index contributed by atoms with van der Waals surface area (Å²) in [6.45, 7) is 3.27. The molecular formula is C71H81F2N15O15. The molecule has 2 bridgehead atoms. The number of ketones is 1. The molecule has 9 atom stereocenters. The monoisotopic (exact) mass is 1420 g/mol. The number of imidazole rings is 1. The lowest BCUT2D eigenvalue weighted by molar-refractivity contribution is -0.147. The van der Waals surface area contributed by atoms with Crippen molar-refractivity contribution in [1.82, 2.24) is 72.7 Å². The maximum atomic E-state index is 15.2. The molecule has 6 heterocycles. The number of amides is 11. The topological polar surface area (TPSA) is 460 Å². The fourth-order valence-corrected chi connectivity index (χ4v) is 12.7. The van der Waals surface area contributed by atoms with Crippen molar-refractivity contribution in [3.05, 3.63) is 155 Å². The van der Waals surface area contributed by atoms with E-state index in [1.165, 1.54) is 117 Å². The van der Waals surface area contributed by atoms with Crippen molar-refractivity contribution in [1.29, 1.82) is 0 Å². The van der Waals surface area contributed by atoms with Crippen LogP contribution >= 0.6 is 0 Å². The maximum Gasteiger partial charge on any atom is 0.304 e. The minimum Gasteiger partial charge on any atom is -0.508 e. The number of nitrogens with two attached hydrogens (primary N) is 1. The van der Waals surface area contributed by atoms with E-state index in [1.54, 1.807) is 12.1 Å². The Hall–Kier alpha value is -11.9. The van der Waals surface area contributed by atoms with Gasteiger partial charge in [0, 0.05) is 110 Å². The van der Waals surface area contributed by atoms with Crippen LogP contribution in [0.15, 0.2) is 110 Å². The van der Waals surface area contributed by atoms with E-state index in [9.17, 15) is 62.1 Å². The maximum absolute atomic E-state index is 15.2. The Morgan fingerprint density at radius 2 is 1.33 bits per heavy atom. The number of H-pyrrole nitrogens is 3. The van der Waals surface area contributed by atoms with Crippen molar-refractivity contribution in [2.45, 2.75) is 146 Å². The highest BCUT2D eigenvalue weighted by Crippen LogP contribution is 2.32. The number of benzene rings is 4. The summed E-state index contributed by atoms with van der Waals surface area (Å²) in [5.74, 6) is -15.1. The van der Waals surface area contributed by atoms with Crippen LogP contribution in [0.2, 0.25) is 0 Å². The normalized spacial score (nSPS) is 23.3. The first-order valence-corrected chi connectivity index (χ1v) is 33.5. The average molecular weight is 1420 g/mol. The summed E-state index contributed by atoms with van der Waals surface area (Å²) in [7, 11) is 0. The van der Waals surface area contributed by atoms with Gasteiger partial charge < -0.3 is 83.6 Å². The molecule has 103 heavy (non-hydrogen) atoms. The van der Waals surface area contributed by atoms with Gasteiger partial charge in [-0.1, -0.05) is 24.3 Å². The Morgan fingerprint density at radius 3 is 2.02 bits per heavy atom. The van der Waals surface area contributed by atoms with Gasteiger partial charge in [0.15, 0.2) is 5.78 Å². The number of nitrogens with zero attached hydrogens (tertiary/aromatic N) is 2. The summed E-state index contributed by atoms with van der Waals surface area (Å²) in [4.78, 5) is 197. The van der Waals surface area contributed by atoms with Crippen LogP contribution in [0.4, 0.5) is 8.78 Å². The van der Waals surface area contributed by atoms with E-state index in [0.717, 1.165) is 6.07 Å². The van der Waals surface area contributed by atoms with Gasteiger partial charge in [0.05, 0.1) is 31.3 Å². The molecule has 3 aliphatic rings. The molecule has 0 radical (unpaired) electrons. The molecule has 0 unspecified atom stereocenters. The number of carbonyl (C=O) groups is 13. The summed E-state index contributed by atoms with van der Waals surface area (Å²) in [5.41, 5.74) is 6.90. The van der Waals surface area contributed by atoms with E-state index in [4.69, 9.17) is 5.73 Å². The number of aliphatic carboxylic acids is 1. The number of aromatic amines is 3. The molecule has 0 saturated carbocycles. The minimum absolute atomic E-state index is 0.0245. The highest BCUT2D eigenvalue weighted by molar-refractivity contribution is 6.01. The van der Waals surface area contributed by atoms with Crippen molar-refractivity contribution in [2.24, 2.45) is 11.7 Å². The number of hydrogen-bond acceptors (Lipinski definition) is 15. The first-order chi connectivity index (χ1) is 49.1. The second kappa shape index (κ2) is 34.0. The highest BCUT2D eigenvalue weighted by atomic mass is 19.1. The van der Waals surface area contributed by atoms with Gasteiger partial charge in [-0.05, 0) is 129 Å². The number of aromatic hydroxyl groups is 1. The molecule has 30 nitrogen and oxygen atoms in total. The Bertz CT molecular complexity index is 4340. The standard InChI is InChI=1S/C71H81F2N15O15/c1-37-63(96)79-35-60(92)83-56(26-44-33-77-51-19-15-45(72)29-50(44)51)67(100)84-54(25-43-32-78-53-30-46(73)14-18-49(43)53)59(91)27-42(28-61(93)94)65(98)85-57(31-47-34-75-36-80-47)68(101)86-58(24-40-10-16-48(90)17-11-40)69(102)88-22-6-20-71(88,3)70(103)87-55(62(74)95)23-39-8-12-41(13-9-39)64(97)76-21-5-4-7-52(66(99)81-37)82-38(2)89/h8-19,29-30,32-34,36-37,42,52,54-58,77-78,90H,4-7,20-28,31,35H2,1-3H3,(H2,74,95)(H,75,80)(H,76,97)(H,79,96)(H,81,99)(H,82,89)(H,83,92)(H,84,100)(H,85,98)(H,86,101)(H,87,103)(H,93,94)/t37-,42-,52-,54-,55-,56-,57-,58-,71-/m0/s1. The van der Waals surface area contributed by atoms with Crippen molar-refractivity contribution >= 4 is 98.5 Å². The zero-order valence-electron chi connectivity index (χ0n) is 56.5. The summed E-state index contributed by atoms with van der Waals surface area (Å²) in [5, 5.41) is 44.8. The number of carboxylic acid groups (broad SMARTS) is 1. The number of rotatable bonds is 12. The van der Waals surface area contributed by atoms with Gasteiger partial charge in [-0.15, -0.1) is 0 Å². The lowest BCUT2D eigenvalue weighted by Gasteiger charge is -2.37. The quantitative estimate of drug-likeness (QED) is 0.0766. The zero-order valence-corrected chi connectivity index (χ0v) is 56.5. The third-order valence-corrected chi connectivity index (χ3v) is 18.3. The van der Waals surface area contributed by atoms with Crippen LogP contribution in [0, 0.1) is 17.6 Å². The Kier molecular flexibility index (Phi) is 24.9. The number of Topliss-reactive ketones (excluding diaryl/α,β-unsaturated/α-hetero) is 1. The van der Waals surface area contributed by atoms with Crippen LogP contribution in [-0.2, 0) is 89.6 Å². The summed E-state index contributed by atoms with van der Waals surface area (Å²) < 4.78 is 29.4. The number of primary amides is 1. The van der Waals surface area contributed by atoms with Crippen LogP contribution in [0.3, 0.4) is 0 Å². The third-order valence-electron chi connectivity index (χ3n) is 18.3. The van der Waals surface area contributed by atoms with Gasteiger partial charge in [0.2, 0.25) is 59.1 Å². The number of carboxylic acids is 1. The fraction of sp³-hybridized carbons (Fsp3) is 0.380. The molecular weight excluding hydrogens is 1340 g/mol. The predicted molar refractivity (Wildman–Crippen MR) is 366 cm³/mol. The van der Waals surface area contributed by atoms with Gasteiger partial charge in [0.1, 0.15) is 59.2 Å². The van der Waals surface area contributed by atoms with E-state index in [2.05, 4.69) is 67.8 Å². The number of nitrogens with one attached hydrogen (secondary N) is 12. The number of hydrogen-bond donors (Lipinski definition) is 15. The smallest absolute Gasteiger partial charge is 0.304 e. The summed E-state index contributed by atoms with van der Waals surface area (Å²) in [6.07, 6.45) is 2.95. The Balaban J connectivity index is 1.05. The van der Waals surface area contributed by atoms with Crippen LogP contribution in [0.1, 0.15) is 104 Å². The van der Waals surface area contributed by atoms with Crippen LogP contribution in [0.25, 0.3) is 21.8 Å². The first kappa shape index (κ1) is 75.3. The van der Waals surface area contributed by atoms with Crippen LogP contribution in [0.5, 0.6) is 5.75 Å². The number of phenolic OH excluding ortho intramolecular Hbond substituents is 1. The molecule has 11 amide bonds. The number of fused-ring (bicyclic) bond motifs is 35. The van der Waals surface area contributed by atoms with E-state index in [1.807, 2.05) is 0 Å². The highest BCUT2D eigenvalue weighted by Gasteiger charge is 2.49. The third kappa shape index (κ3) is 20.0. The van der Waals surface area contributed by atoms with Crippen LogP contribution < -0.4 is 53.6 Å². The molecule has 0 aliphatic carbocycles. The summed E-state index contributed by atoms with van der Waals surface area (Å²) in [6, 6.07) is 8.91. The van der Waals surface area contributed by atoms with Gasteiger partial charge in [-0.3, -0.25) is 62.3 Å². The molecule has 7 aromatic rings. The minimum atomic E-state index is -1.82. The predicted octanol–water partition coefficient (Wildman–Crippen LogP) is 1.25. The lowest BCUT2D eigenvalue weighted by atomic mass is 9.91. The second-order valence-electron chi connectivity index (χ2n) is 26.0. The van der Waals surface area contributed by atoms with Gasteiger partial charge in [0.25, 0.3) is 5.91 Å². The SMILES string of the molecule is CC(=O)N[C@H]1CCCCNC(=O)c2ccc(cc2)C[C@@H](C(N)=O)NC(=O)[C@]2(C)CCCN2C(=O)[C@H](Cc2ccc(O)cc2)NC(=O)[C@H](Cc2cnc[nH]2)NC(=O)[C@H](CC(=O)O)CC(=O)[C@H](Cc2c[nH]c3cc(F)ccc23)NC(=O)[C@H](Cc2c[nH]c3ccc(F)cc23)NC(=O)CNC(=O)[C@H](C)NC1=O. The largest absolute Gasteiger partial charge is 0.508 e. The lowest BCUT2D eigenvalue weighted by Crippen LogP contribution is -2.63. The van der Waals surface area contributed by atoms with Crippen molar-refractivity contribution in [2.75, 3.05) is 19.6 Å². The molecule has 3 aliphatic heterocycles. The summed E-state index contributed by atoms with van der Waals surface area (Å²) >= 11 is 0. The first-order valence-electron chi connectivity index (χ1n) is 33.5. The number of carbonyl (C=O) groups excluding carboxylic acids is 12. The second-order valence-corrected chi connectivity index (χ2v) is 26.0. The van der Waals surface area contributed by atoms with Crippen molar-refractivity contribution in [3.63, 3.8) is 0 Å². The van der Waals surface area contributed by atoms with Crippen molar-refractivity contribution < 1.29 is 81.3 Å². The molecule has 4 aromatic carbocycles. The molecule has 544 valence electrons.